The highest BCUT2D eigenvalue weighted by molar-refractivity contribution is 5.54. The van der Waals surface area contributed by atoms with E-state index in [4.69, 9.17) is 4.74 Å². The van der Waals surface area contributed by atoms with Gasteiger partial charge in [-0.2, -0.15) is 0 Å². The van der Waals surface area contributed by atoms with Gasteiger partial charge in [0, 0.05) is 31.9 Å². The molecule has 1 aliphatic heterocycles. The molecular formula is C19H32N2O2. The van der Waals surface area contributed by atoms with Gasteiger partial charge in [0.15, 0.2) is 0 Å². The van der Waals surface area contributed by atoms with Crippen LogP contribution in [0.15, 0.2) is 24.3 Å². The van der Waals surface area contributed by atoms with Crippen LogP contribution < -0.4 is 10.2 Å². The number of aliphatic hydroxyl groups is 1. The second-order valence-electron chi connectivity index (χ2n) is 7.21. The average molecular weight is 320 g/mol. The predicted octanol–water partition coefficient (Wildman–Crippen LogP) is 2.80. The van der Waals surface area contributed by atoms with E-state index in [1.807, 2.05) is 0 Å². The van der Waals surface area contributed by atoms with Gasteiger partial charge in [0.05, 0.1) is 18.3 Å². The van der Waals surface area contributed by atoms with Gasteiger partial charge < -0.3 is 20.1 Å². The molecule has 3 unspecified atom stereocenters. The number of nitrogens with one attached hydrogen (secondary N) is 1. The lowest BCUT2D eigenvalue weighted by molar-refractivity contribution is -0.00526. The van der Waals surface area contributed by atoms with Gasteiger partial charge in [-0.25, -0.2) is 0 Å². The van der Waals surface area contributed by atoms with Crippen LogP contribution in [0.25, 0.3) is 0 Å². The molecule has 0 aliphatic carbocycles. The van der Waals surface area contributed by atoms with E-state index < -0.39 is 0 Å². The maximum absolute atomic E-state index is 10.00. The number of anilines is 1. The van der Waals surface area contributed by atoms with E-state index in [2.05, 4.69) is 62.2 Å². The van der Waals surface area contributed by atoms with Gasteiger partial charge in [0.25, 0.3) is 0 Å². The second-order valence-corrected chi connectivity index (χ2v) is 7.21. The molecule has 0 radical (unpaired) electrons. The van der Waals surface area contributed by atoms with Crippen LogP contribution in [0, 0.1) is 5.92 Å². The summed E-state index contributed by atoms with van der Waals surface area (Å²) in [6.07, 6.45) is 1.08. The number of benzene rings is 1. The number of para-hydroxylation sites is 1. The Kier molecular flexibility index (Phi) is 6.88. The fourth-order valence-corrected chi connectivity index (χ4v) is 3.34. The maximum atomic E-state index is 10.00. The van der Waals surface area contributed by atoms with Crippen molar-refractivity contribution >= 4 is 5.69 Å². The summed E-state index contributed by atoms with van der Waals surface area (Å²) in [5.74, 6) is 0.524. The lowest BCUT2D eigenvalue weighted by Crippen LogP contribution is -2.46. The molecule has 1 aromatic carbocycles. The first-order valence-electron chi connectivity index (χ1n) is 8.82. The van der Waals surface area contributed by atoms with E-state index >= 15 is 0 Å². The number of morpholine rings is 1. The van der Waals surface area contributed by atoms with Gasteiger partial charge in [-0.3, -0.25) is 0 Å². The molecule has 4 heteroatoms. The summed E-state index contributed by atoms with van der Waals surface area (Å²) in [4.78, 5) is 2.42. The monoisotopic (exact) mass is 320 g/mol. The first-order valence-corrected chi connectivity index (χ1v) is 8.82. The molecule has 1 aliphatic rings. The van der Waals surface area contributed by atoms with Crippen LogP contribution in [0.2, 0.25) is 0 Å². The van der Waals surface area contributed by atoms with Crippen molar-refractivity contribution in [2.45, 2.75) is 59.0 Å². The van der Waals surface area contributed by atoms with Crippen molar-refractivity contribution < 1.29 is 9.84 Å². The van der Waals surface area contributed by atoms with Crippen LogP contribution in [0.5, 0.6) is 0 Å². The van der Waals surface area contributed by atoms with Crippen molar-refractivity contribution in [2.75, 3.05) is 24.5 Å². The Labute approximate surface area is 140 Å². The van der Waals surface area contributed by atoms with Gasteiger partial charge in [-0.1, -0.05) is 32.0 Å². The summed E-state index contributed by atoms with van der Waals surface area (Å²) in [6.45, 7) is 11.8. The largest absolute Gasteiger partial charge is 0.392 e. The van der Waals surface area contributed by atoms with Crippen molar-refractivity contribution in [1.29, 1.82) is 0 Å². The third-order valence-corrected chi connectivity index (χ3v) is 4.19. The number of ether oxygens (including phenoxy) is 1. The van der Waals surface area contributed by atoms with Gasteiger partial charge in [0.1, 0.15) is 0 Å². The molecule has 0 aromatic heterocycles. The van der Waals surface area contributed by atoms with Gasteiger partial charge in [-0.15, -0.1) is 0 Å². The van der Waals surface area contributed by atoms with E-state index in [-0.39, 0.29) is 18.3 Å². The number of nitrogens with zero attached hydrogens (tertiary/aromatic N) is 1. The van der Waals surface area contributed by atoms with E-state index in [1.165, 1.54) is 11.3 Å². The highest BCUT2D eigenvalue weighted by Crippen LogP contribution is 2.24. The molecule has 1 heterocycles. The molecule has 1 aromatic rings. The number of aliphatic hydroxyl groups excluding tert-OH is 1. The zero-order valence-corrected chi connectivity index (χ0v) is 15.0. The van der Waals surface area contributed by atoms with Gasteiger partial charge in [-0.05, 0) is 37.8 Å². The number of hydrogen-bond acceptors (Lipinski definition) is 4. The van der Waals surface area contributed by atoms with Crippen molar-refractivity contribution in [3.8, 4) is 0 Å². The molecule has 1 fully saturated rings. The van der Waals surface area contributed by atoms with Crippen LogP contribution in [-0.2, 0) is 11.3 Å². The van der Waals surface area contributed by atoms with Crippen molar-refractivity contribution in [2.24, 2.45) is 5.92 Å². The smallest absolute Gasteiger partial charge is 0.0726 e. The van der Waals surface area contributed by atoms with E-state index in [0.717, 1.165) is 26.1 Å². The lowest BCUT2D eigenvalue weighted by atomic mass is 10.1. The molecular weight excluding hydrogens is 288 g/mol. The van der Waals surface area contributed by atoms with Crippen LogP contribution in [-0.4, -0.2) is 43.1 Å². The Hall–Kier alpha value is -1.10. The summed E-state index contributed by atoms with van der Waals surface area (Å²) in [6, 6.07) is 8.53. The third-order valence-electron chi connectivity index (χ3n) is 4.19. The molecule has 0 bridgehead atoms. The summed E-state index contributed by atoms with van der Waals surface area (Å²) in [5, 5.41) is 13.4. The molecule has 1 saturated heterocycles. The Balaban J connectivity index is 1.95. The summed E-state index contributed by atoms with van der Waals surface area (Å²) < 4.78 is 5.84. The van der Waals surface area contributed by atoms with Crippen LogP contribution in [0.4, 0.5) is 5.69 Å². The molecule has 23 heavy (non-hydrogen) atoms. The standard InChI is InChI=1S/C19H32N2O2/c1-14(2)9-18(22)11-20-10-17-7-5-6-8-19(17)21-12-15(3)23-16(4)13-21/h5-8,14-16,18,20,22H,9-13H2,1-4H3. The summed E-state index contributed by atoms with van der Waals surface area (Å²) in [7, 11) is 0. The fraction of sp³-hybridized carbons (Fsp3) is 0.684. The molecule has 0 spiro atoms. The predicted molar refractivity (Wildman–Crippen MR) is 95.8 cm³/mol. The molecule has 2 N–H and O–H groups in total. The van der Waals surface area contributed by atoms with Gasteiger partial charge in [0.2, 0.25) is 0 Å². The molecule has 4 nitrogen and oxygen atoms in total. The van der Waals surface area contributed by atoms with Gasteiger partial charge >= 0.3 is 0 Å². The Bertz CT molecular complexity index is 468. The quantitative estimate of drug-likeness (QED) is 0.811. The molecule has 0 saturated carbocycles. The highest BCUT2D eigenvalue weighted by Gasteiger charge is 2.23. The van der Waals surface area contributed by atoms with E-state index in [0.29, 0.717) is 12.5 Å². The zero-order valence-electron chi connectivity index (χ0n) is 15.0. The topological polar surface area (TPSA) is 44.7 Å². The average Bonchev–Trinajstić information content (AvgIpc) is 2.46. The zero-order chi connectivity index (χ0) is 16.8. The molecule has 0 amide bonds. The normalized spacial score (nSPS) is 23.3. The Morgan fingerprint density at radius 2 is 1.87 bits per heavy atom. The minimum atomic E-state index is -0.273. The second kappa shape index (κ2) is 8.67. The van der Waals surface area contributed by atoms with Crippen molar-refractivity contribution in [3.05, 3.63) is 29.8 Å². The molecule has 3 atom stereocenters. The van der Waals surface area contributed by atoms with Crippen molar-refractivity contribution in [3.63, 3.8) is 0 Å². The van der Waals surface area contributed by atoms with Crippen LogP contribution >= 0.6 is 0 Å². The van der Waals surface area contributed by atoms with Crippen LogP contribution in [0.3, 0.4) is 0 Å². The van der Waals surface area contributed by atoms with Crippen molar-refractivity contribution in [1.82, 2.24) is 5.32 Å². The van der Waals surface area contributed by atoms with Crippen LogP contribution in [0.1, 0.15) is 39.7 Å². The highest BCUT2D eigenvalue weighted by atomic mass is 16.5. The minimum absolute atomic E-state index is 0.257. The van der Waals surface area contributed by atoms with E-state index in [1.54, 1.807) is 0 Å². The lowest BCUT2D eigenvalue weighted by Gasteiger charge is -2.37. The Morgan fingerprint density at radius 1 is 1.22 bits per heavy atom. The van der Waals surface area contributed by atoms with E-state index in [9.17, 15) is 5.11 Å². The number of rotatable bonds is 7. The molecule has 2 rings (SSSR count). The summed E-state index contributed by atoms with van der Waals surface area (Å²) >= 11 is 0. The molecule has 130 valence electrons. The minimum Gasteiger partial charge on any atom is -0.392 e. The summed E-state index contributed by atoms with van der Waals surface area (Å²) in [5.41, 5.74) is 2.56. The SMILES string of the molecule is CC(C)CC(O)CNCc1ccccc1N1CC(C)OC(C)C1. The Morgan fingerprint density at radius 3 is 2.52 bits per heavy atom. The first kappa shape index (κ1) is 18.2. The maximum Gasteiger partial charge on any atom is 0.0726 e. The number of hydrogen-bond donors (Lipinski definition) is 2. The third kappa shape index (κ3) is 5.79. The first-order chi connectivity index (χ1) is 11.0. The fourth-order valence-electron chi connectivity index (χ4n) is 3.34.